The number of nitriles is 1. The number of methoxy groups -OCH3 is 1. The van der Waals surface area contributed by atoms with Gasteiger partial charge in [0.05, 0.1) is 35.4 Å². The molecule has 3 heterocycles. The van der Waals surface area contributed by atoms with Gasteiger partial charge >= 0.3 is 0 Å². The number of hydrogen-bond donors (Lipinski definition) is 0. The molecular weight excluding hydrogens is 654 g/mol. The van der Waals surface area contributed by atoms with Crippen LogP contribution >= 0.6 is 11.6 Å². The van der Waals surface area contributed by atoms with Gasteiger partial charge < -0.3 is 14.4 Å². The number of likely N-dealkylation sites (tertiary alicyclic amines) is 2. The number of carbonyl (C=O) groups is 2. The lowest BCUT2D eigenvalue weighted by atomic mass is 9.80. The van der Waals surface area contributed by atoms with Crippen LogP contribution < -0.4 is 13.8 Å². The molecule has 2 fully saturated rings. The molecule has 3 aliphatic heterocycles. The maximum Gasteiger partial charge on any atom is 0.271 e. The van der Waals surface area contributed by atoms with Crippen molar-refractivity contribution in [2.75, 3.05) is 58.3 Å². The normalized spacial score (nSPS) is 21.3. The monoisotopic (exact) mass is 691 g/mol. The predicted molar refractivity (Wildman–Crippen MR) is 181 cm³/mol. The molecule has 2 amide bonds. The zero-order chi connectivity index (χ0) is 34.2. The number of benzene rings is 3. The SMILES string of the molecule is COc1cc(OCCN2CCCC2)ccc1C1(N2CCC[C@H]2C(=O)N(C)C)C(=O)N(S(=O)(=O)c2ccc(C#N)cc2)c2ccc(Cl)cc21. The first-order chi connectivity index (χ1) is 23.0. The highest BCUT2D eigenvalue weighted by Gasteiger charge is 2.63. The number of carbonyl (C=O) groups excluding carboxylic acids is 2. The topological polar surface area (TPSA) is 123 Å². The number of anilines is 1. The molecule has 3 aromatic carbocycles. The summed E-state index contributed by atoms with van der Waals surface area (Å²) in [4.78, 5) is 34.5. The van der Waals surface area contributed by atoms with E-state index in [0.29, 0.717) is 53.6 Å². The van der Waals surface area contributed by atoms with Crippen molar-refractivity contribution in [3.63, 3.8) is 0 Å². The van der Waals surface area contributed by atoms with Gasteiger partial charge in [-0.3, -0.25) is 19.4 Å². The summed E-state index contributed by atoms with van der Waals surface area (Å²) in [6, 6.07) is 16.5. The number of fused-ring (bicyclic) bond motifs is 1. The van der Waals surface area contributed by atoms with Crippen molar-refractivity contribution >= 4 is 39.1 Å². The Morgan fingerprint density at radius 2 is 1.75 bits per heavy atom. The number of ether oxygens (including phenoxy) is 2. The van der Waals surface area contributed by atoms with E-state index in [9.17, 15) is 18.5 Å². The summed E-state index contributed by atoms with van der Waals surface area (Å²) in [5.41, 5.74) is -0.743. The molecule has 0 N–H and O–H groups in total. The lowest BCUT2D eigenvalue weighted by Gasteiger charge is -2.42. The van der Waals surface area contributed by atoms with Crippen LogP contribution in [0.3, 0.4) is 0 Å². The molecule has 0 bridgehead atoms. The minimum atomic E-state index is -4.51. The van der Waals surface area contributed by atoms with E-state index < -0.39 is 27.5 Å². The molecular formula is C35H38ClN5O6S. The quantitative estimate of drug-likeness (QED) is 0.307. The Morgan fingerprint density at radius 1 is 1.02 bits per heavy atom. The van der Waals surface area contributed by atoms with E-state index in [1.54, 1.807) is 43.3 Å². The van der Waals surface area contributed by atoms with Crippen LogP contribution in [0.5, 0.6) is 11.5 Å². The molecule has 2 saturated heterocycles. The second-order valence-electron chi connectivity index (χ2n) is 12.4. The van der Waals surface area contributed by atoms with Crippen molar-refractivity contribution in [3.05, 3.63) is 82.4 Å². The Hall–Kier alpha value is -4.15. The summed E-state index contributed by atoms with van der Waals surface area (Å²) < 4.78 is 41.7. The lowest BCUT2D eigenvalue weighted by molar-refractivity contribution is -0.138. The van der Waals surface area contributed by atoms with Crippen molar-refractivity contribution in [3.8, 4) is 17.6 Å². The number of likely N-dealkylation sites (N-methyl/N-ethyl adjacent to an activating group) is 1. The lowest BCUT2D eigenvalue weighted by Crippen LogP contribution is -2.59. The number of rotatable bonds is 10. The first-order valence-electron chi connectivity index (χ1n) is 16.0. The van der Waals surface area contributed by atoms with Crippen molar-refractivity contribution in [1.29, 1.82) is 5.26 Å². The van der Waals surface area contributed by atoms with Gasteiger partial charge in [-0.1, -0.05) is 11.6 Å². The third-order valence-electron chi connectivity index (χ3n) is 9.43. The zero-order valence-electron chi connectivity index (χ0n) is 27.2. The third-order valence-corrected chi connectivity index (χ3v) is 11.4. The molecule has 0 spiro atoms. The molecule has 3 aliphatic rings. The zero-order valence-corrected chi connectivity index (χ0v) is 28.8. The van der Waals surface area contributed by atoms with Crippen LogP contribution in [0.15, 0.2) is 65.6 Å². The van der Waals surface area contributed by atoms with Gasteiger partial charge in [0, 0.05) is 49.4 Å². The van der Waals surface area contributed by atoms with Crippen molar-refractivity contribution in [2.45, 2.75) is 42.2 Å². The van der Waals surface area contributed by atoms with E-state index in [1.807, 2.05) is 6.07 Å². The molecule has 48 heavy (non-hydrogen) atoms. The fourth-order valence-electron chi connectivity index (χ4n) is 7.17. The molecule has 0 aromatic heterocycles. The van der Waals surface area contributed by atoms with E-state index in [1.165, 1.54) is 61.2 Å². The van der Waals surface area contributed by atoms with Crippen LogP contribution in [0.1, 0.15) is 42.4 Å². The summed E-state index contributed by atoms with van der Waals surface area (Å²) in [7, 11) is 0.284. The molecule has 13 heteroatoms. The summed E-state index contributed by atoms with van der Waals surface area (Å²) >= 11 is 6.61. The minimum Gasteiger partial charge on any atom is -0.496 e. The van der Waals surface area contributed by atoms with Crippen molar-refractivity contribution in [2.24, 2.45) is 0 Å². The van der Waals surface area contributed by atoms with Gasteiger partial charge in [0.15, 0.2) is 5.54 Å². The van der Waals surface area contributed by atoms with Gasteiger partial charge in [0.25, 0.3) is 15.9 Å². The Labute approximate surface area is 286 Å². The van der Waals surface area contributed by atoms with E-state index in [4.69, 9.17) is 21.1 Å². The summed E-state index contributed by atoms with van der Waals surface area (Å²) in [5.74, 6) is -0.166. The van der Waals surface area contributed by atoms with Crippen molar-refractivity contribution in [1.82, 2.24) is 14.7 Å². The smallest absolute Gasteiger partial charge is 0.271 e. The molecule has 11 nitrogen and oxygen atoms in total. The summed E-state index contributed by atoms with van der Waals surface area (Å²) in [6.45, 7) is 3.66. The van der Waals surface area contributed by atoms with E-state index in [-0.39, 0.29) is 22.1 Å². The Balaban J connectivity index is 1.54. The van der Waals surface area contributed by atoms with E-state index >= 15 is 4.79 Å². The van der Waals surface area contributed by atoms with Crippen LogP contribution in [-0.2, 0) is 25.2 Å². The van der Waals surface area contributed by atoms with Crippen LogP contribution in [0.25, 0.3) is 0 Å². The Bertz CT molecular complexity index is 1870. The van der Waals surface area contributed by atoms with Gasteiger partial charge in [-0.05, 0) is 93.4 Å². The standard InChI is InChI=1S/C35H38ClN5O6S/c1-38(2)33(42)31-7-6-18-40(31)35(28-14-11-26(22-32(28)46-3)47-20-19-39-16-4-5-17-39)29-21-25(36)10-15-30(29)41(34(35)43)48(44,45)27-12-8-24(23-37)9-13-27/h8-15,21-22,31H,4-7,16-20H2,1-3H3/t31-,35?/m0/s1. The van der Waals surface area contributed by atoms with Crippen LogP contribution in [0.2, 0.25) is 5.02 Å². The van der Waals surface area contributed by atoms with Crippen LogP contribution in [0, 0.1) is 11.3 Å². The molecule has 0 saturated carbocycles. The fraction of sp³-hybridized carbons (Fsp3) is 0.400. The maximum atomic E-state index is 15.3. The highest BCUT2D eigenvalue weighted by atomic mass is 35.5. The van der Waals surface area contributed by atoms with Gasteiger partial charge in [-0.15, -0.1) is 0 Å². The second-order valence-corrected chi connectivity index (χ2v) is 14.6. The molecule has 2 atom stereocenters. The number of hydrogen-bond acceptors (Lipinski definition) is 9. The molecule has 1 unspecified atom stereocenters. The predicted octanol–water partition coefficient (Wildman–Crippen LogP) is 4.23. The van der Waals surface area contributed by atoms with E-state index in [2.05, 4.69) is 4.90 Å². The Morgan fingerprint density at radius 3 is 2.42 bits per heavy atom. The summed E-state index contributed by atoms with van der Waals surface area (Å²) in [6.07, 6.45) is 3.41. The fourth-order valence-corrected chi connectivity index (χ4v) is 8.80. The average Bonchev–Trinajstić information content (AvgIpc) is 3.83. The maximum absolute atomic E-state index is 15.3. The number of nitrogens with zero attached hydrogens (tertiary/aromatic N) is 5. The van der Waals surface area contributed by atoms with Gasteiger partial charge in [-0.2, -0.15) is 5.26 Å². The number of amides is 2. The van der Waals surface area contributed by atoms with Crippen LogP contribution in [0.4, 0.5) is 5.69 Å². The summed E-state index contributed by atoms with van der Waals surface area (Å²) in [5, 5.41) is 9.59. The largest absolute Gasteiger partial charge is 0.496 e. The molecule has 3 aromatic rings. The average molecular weight is 692 g/mol. The first kappa shape index (κ1) is 33.7. The highest BCUT2D eigenvalue weighted by Crippen LogP contribution is 2.55. The van der Waals surface area contributed by atoms with Gasteiger partial charge in [0.1, 0.15) is 18.1 Å². The van der Waals surface area contributed by atoms with Gasteiger partial charge in [-0.25, -0.2) is 12.7 Å². The van der Waals surface area contributed by atoms with Crippen LogP contribution in [-0.4, -0.2) is 95.0 Å². The van der Waals surface area contributed by atoms with Crippen molar-refractivity contribution < 1.29 is 27.5 Å². The molecule has 0 aliphatic carbocycles. The number of sulfonamides is 1. The molecule has 0 radical (unpaired) electrons. The second kappa shape index (κ2) is 13.4. The molecule has 252 valence electrons. The van der Waals surface area contributed by atoms with E-state index in [0.717, 1.165) is 23.9 Å². The first-order valence-corrected chi connectivity index (χ1v) is 17.8. The Kier molecular flexibility index (Phi) is 9.42. The minimum absolute atomic E-state index is 0.115. The van der Waals surface area contributed by atoms with Gasteiger partial charge in [0.2, 0.25) is 5.91 Å². The molecule has 6 rings (SSSR count). The number of halogens is 1. The highest BCUT2D eigenvalue weighted by molar-refractivity contribution is 7.93. The third kappa shape index (κ3) is 5.68.